The number of carbonyl (C=O) groups is 2. The number of carbonyl (C=O) groups excluding carboxylic acids is 1. The topological polar surface area (TPSA) is 121 Å². The van der Waals surface area contributed by atoms with Crippen molar-refractivity contribution in [2.45, 2.75) is 26.3 Å². The Morgan fingerprint density at radius 2 is 2.25 bits per heavy atom. The molecule has 8 heteroatoms. The summed E-state index contributed by atoms with van der Waals surface area (Å²) in [6, 6.07) is -1.06. The van der Waals surface area contributed by atoms with E-state index in [9.17, 15) is 9.59 Å². The zero-order valence-electron chi connectivity index (χ0n) is 11.0. The molecule has 0 saturated heterocycles. The number of rotatable bonds is 5. The van der Waals surface area contributed by atoms with Gasteiger partial charge in [-0.3, -0.25) is 4.79 Å². The van der Waals surface area contributed by atoms with Gasteiger partial charge < -0.3 is 19.9 Å². The van der Waals surface area contributed by atoms with E-state index in [-0.39, 0.29) is 12.0 Å². The van der Waals surface area contributed by atoms with E-state index in [0.29, 0.717) is 17.1 Å². The number of nitrogens with one attached hydrogen (secondary N) is 2. The second kappa shape index (κ2) is 5.55. The van der Waals surface area contributed by atoms with E-state index in [4.69, 9.17) is 9.63 Å². The molecule has 2 aromatic rings. The first kappa shape index (κ1) is 13.8. The molecule has 3 N–H and O–H groups in total. The Balaban J connectivity index is 2.12. The van der Waals surface area contributed by atoms with Crippen LogP contribution in [-0.2, 0) is 11.2 Å². The highest BCUT2D eigenvalue weighted by Crippen LogP contribution is 2.12. The van der Waals surface area contributed by atoms with Crippen LogP contribution in [0, 0.1) is 13.8 Å². The van der Waals surface area contributed by atoms with E-state index < -0.39 is 17.9 Å². The number of nitrogens with zero attached hydrogens (tertiary/aromatic N) is 2. The number of amides is 1. The summed E-state index contributed by atoms with van der Waals surface area (Å²) in [5.41, 5.74) is 1.31. The number of imidazole rings is 1. The molecule has 0 fully saturated rings. The zero-order chi connectivity index (χ0) is 14.7. The Labute approximate surface area is 114 Å². The van der Waals surface area contributed by atoms with Gasteiger partial charge in [0, 0.05) is 18.3 Å². The van der Waals surface area contributed by atoms with Crippen molar-refractivity contribution in [1.29, 1.82) is 0 Å². The Morgan fingerprint density at radius 3 is 2.75 bits per heavy atom. The third-order valence-electron chi connectivity index (χ3n) is 2.84. The molecule has 2 aromatic heterocycles. The lowest BCUT2D eigenvalue weighted by molar-refractivity contribution is -0.139. The van der Waals surface area contributed by atoms with E-state index >= 15 is 0 Å². The summed E-state index contributed by atoms with van der Waals surface area (Å²) in [4.78, 5) is 29.9. The molecule has 0 saturated carbocycles. The first-order chi connectivity index (χ1) is 9.49. The summed E-state index contributed by atoms with van der Waals surface area (Å²) >= 11 is 0. The minimum Gasteiger partial charge on any atom is -0.480 e. The van der Waals surface area contributed by atoms with Crippen molar-refractivity contribution in [3.63, 3.8) is 0 Å². The third-order valence-corrected chi connectivity index (χ3v) is 2.84. The highest BCUT2D eigenvalue weighted by atomic mass is 16.5. The lowest BCUT2D eigenvalue weighted by atomic mass is 10.1. The summed E-state index contributed by atoms with van der Waals surface area (Å²) in [7, 11) is 0. The normalized spacial score (nSPS) is 12.1. The van der Waals surface area contributed by atoms with E-state index in [1.807, 2.05) is 0 Å². The maximum atomic E-state index is 12.1. The second-order valence-corrected chi connectivity index (χ2v) is 4.34. The summed E-state index contributed by atoms with van der Waals surface area (Å²) < 4.78 is 4.89. The maximum absolute atomic E-state index is 12.1. The summed E-state index contributed by atoms with van der Waals surface area (Å²) in [6.45, 7) is 3.22. The van der Waals surface area contributed by atoms with Gasteiger partial charge in [0.1, 0.15) is 17.4 Å². The van der Waals surface area contributed by atoms with Gasteiger partial charge in [0.2, 0.25) is 0 Å². The SMILES string of the molecule is Cc1noc(C)c1C(=O)N[C@H](Cc1cnc[nH]1)C(=O)O. The summed E-state index contributed by atoms with van der Waals surface area (Å²) in [5, 5.41) is 15.3. The van der Waals surface area contributed by atoms with Gasteiger partial charge in [0.25, 0.3) is 5.91 Å². The molecular weight excluding hydrogens is 264 g/mol. The number of H-pyrrole nitrogens is 1. The van der Waals surface area contributed by atoms with E-state index in [1.54, 1.807) is 13.8 Å². The quantitative estimate of drug-likeness (QED) is 0.729. The number of hydrogen-bond donors (Lipinski definition) is 3. The van der Waals surface area contributed by atoms with Gasteiger partial charge in [-0.05, 0) is 13.8 Å². The Kier molecular flexibility index (Phi) is 3.83. The molecule has 0 aromatic carbocycles. The number of aromatic nitrogens is 3. The number of carboxylic acids is 1. The molecule has 1 atom stereocenters. The molecule has 2 rings (SSSR count). The lowest BCUT2D eigenvalue weighted by Crippen LogP contribution is -2.42. The fourth-order valence-electron chi connectivity index (χ4n) is 1.85. The Bertz CT molecular complexity index is 598. The van der Waals surface area contributed by atoms with Gasteiger partial charge in [-0.15, -0.1) is 0 Å². The van der Waals surface area contributed by atoms with Gasteiger partial charge in [0.05, 0.1) is 12.0 Å². The fraction of sp³-hybridized carbons (Fsp3) is 0.333. The van der Waals surface area contributed by atoms with Crippen LogP contribution in [0.1, 0.15) is 27.5 Å². The molecule has 0 unspecified atom stereocenters. The standard InChI is InChI=1S/C12H14N4O4/c1-6-10(7(2)20-16-6)11(17)15-9(12(18)19)3-8-4-13-5-14-8/h4-5,9H,3H2,1-2H3,(H,13,14)(H,15,17)(H,18,19)/t9-/m1/s1. The average Bonchev–Trinajstić information content (AvgIpc) is 2.98. The van der Waals surface area contributed by atoms with Gasteiger partial charge >= 0.3 is 5.97 Å². The molecule has 0 radical (unpaired) electrons. The van der Waals surface area contributed by atoms with Gasteiger partial charge in [0.15, 0.2) is 0 Å². The van der Waals surface area contributed by atoms with Gasteiger partial charge in [-0.25, -0.2) is 9.78 Å². The second-order valence-electron chi connectivity index (χ2n) is 4.34. The average molecular weight is 278 g/mol. The first-order valence-electron chi connectivity index (χ1n) is 5.93. The van der Waals surface area contributed by atoms with Crippen LogP contribution in [0.25, 0.3) is 0 Å². The predicted molar refractivity (Wildman–Crippen MR) is 67.2 cm³/mol. The summed E-state index contributed by atoms with van der Waals surface area (Å²) in [6.07, 6.45) is 3.08. The molecule has 8 nitrogen and oxygen atoms in total. The number of aromatic amines is 1. The number of carboxylic acid groups (broad SMARTS) is 1. The van der Waals surface area contributed by atoms with Crippen molar-refractivity contribution in [2.75, 3.05) is 0 Å². The predicted octanol–water partition coefficient (Wildman–Crippen LogP) is 0.440. The van der Waals surface area contributed by atoms with Gasteiger partial charge in [-0.1, -0.05) is 5.16 Å². The number of aryl methyl sites for hydroxylation is 2. The minimum atomic E-state index is -1.13. The Morgan fingerprint density at radius 1 is 1.50 bits per heavy atom. The van der Waals surface area contributed by atoms with Crippen molar-refractivity contribution >= 4 is 11.9 Å². The largest absolute Gasteiger partial charge is 0.480 e. The molecule has 2 heterocycles. The first-order valence-corrected chi connectivity index (χ1v) is 5.93. The highest BCUT2D eigenvalue weighted by Gasteiger charge is 2.25. The summed E-state index contributed by atoms with van der Waals surface area (Å²) in [5.74, 6) is -1.29. The Hall–Kier alpha value is -2.64. The monoisotopic (exact) mass is 278 g/mol. The molecule has 0 spiro atoms. The van der Waals surface area contributed by atoms with Crippen LogP contribution in [0.3, 0.4) is 0 Å². The van der Waals surface area contributed by atoms with Gasteiger partial charge in [-0.2, -0.15) is 0 Å². The number of hydrogen-bond acceptors (Lipinski definition) is 5. The van der Waals surface area contributed by atoms with Crippen LogP contribution in [0.4, 0.5) is 0 Å². The fourth-order valence-corrected chi connectivity index (χ4v) is 1.85. The van der Waals surface area contributed by atoms with Crippen LogP contribution in [0.15, 0.2) is 17.0 Å². The van der Waals surface area contributed by atoms with Crippen LogP contribution in [-0.4, -0.2) is 38.1 Å². The van der Waals surface area contributed by atoms with Crippen molar-refractivity contribution < 1.29 is 19.2 Å². The zero-order valence-corrected chi connectivity index (χ0v) is 11.0. The smallest absolute Gasteiger partial charge is 0.326 e. The van der Waals surface area contributed by atoms with Crippen LogP contribution < -0.4 is 5.32 Å². The van der Waals surface area contributed by atoms with Crippen LogP contribution >= 0.6 is 0 Å². The van der Waals surface area contributed by atoms with Crippen LogP contribution in [0.5, 0.6) is 0 Å². The van der Waals surface area contributed by atoms with Crippen molar-refractivity contribution in [1.82, 2.24) is 20.4 Å². The van der Waals surface area contributed by atoms with E-state index in [2.05, 4.69) is 20.4 Å². The lowest BCUT2D eigenvalue weighted by Gasteiger charge is -2.13. The third kappa shape index (κ3) is 2.85. The molecule has 0 aliphatic rings. The molecule has 1 amide bonds. The van der Waals surface area contributed by atoms with Crippen molar-refractivity contribution in [2.24, 2.45) is 0 Å². The molecule has 0 aliphatic heterocycles. The van der Waals surface area contributed by atoms with Crippen molar-refractivity contribution in [3.8, 4) is 0 Å². The van der Waals surface area contributed by atoms with Crippen LogP contribution in [0.2, 0.25) is 0 Å². The molecule has 0 bridgehead atoms. The maximum Gasteiger partial charge on any atom is 0.326 e. The molecule has 20 heavy (non-hydrogen) atoms. The molecule has 106 valence electrons. The van der Waals surface area contributed by atoms with E-state index in [1.165, 1.54) is 12.5 Å². The minimum absolute atomic E-state index is 0.116. The van der Waals surface area contributed by atoms with E-state index in [0.717, 1.165) is 0 Å². The highest BCUT2D eigenvalue weighted by molar-refractivity contribution is 5.98. The molecule has 0 aliphatic carbocycles. The van der Waals surface area contributed by atoms with Crippen molar-refractivity contribution in [3.05, 3.63) is 35.2 Å². The molecular formula is C12H14N4O4. The number of aliphatic carboxylic acids is 1.